The Balaban J connectivity index is 1.60. The first-order valence-electron chi connectivity index (χ1n) is 6.28. The molecule has 2 heteroatoms. The van der Waals surface area contributed by atoms with Gasteiger partial charge in [0.15, 0.2) is 0 Å². The average Bonchev–Trinajstić information content (AvgIpc) is 2.84. The number of hydrogen-bond donors (Lipinski definition) is 0. The highest BCUT2D eigenvalue weighted by Crippen LogP contribution is 2.37. The Bertz CT molecular complexity index is 352. The standard InChI is InChI=1S/C14H19NS/c1-11-6-7-15(9-11)10-13-8-12-4-2-3-5-14(12)16-13/h2-5,11,13H,6-10H2,1H3. The summed E-state index contributed by atoms with van der Waals surface area (Å²) in [5.74, 6) is 0.911. The molecule has 3 rings (SSSR count). The van der Waals surface area contributed by atoms with Crippen LogP contribution < -0.4 is 0 Å². The van der Waals surface area contributed by atoms with Gasteiger partial charge in [0.2, 0.25) is 0 Å². The Labute approximate surface area is 102 Å². The number of thioether (sulfide) groups is 1. The van der Waals surface area contributed by atoms with E-state index in [9.17, 15) is 0 Å². The molecule has 1 aromatic rings. The van der Waals surface area contributed by atoms with E-state index in [0.29, 0.717) is 0 Å². The molecule has 0 spiro atoms. The Hall–Kier alpha value is -0.470. The largest absolute Gasteiger partial charge is 0.302 e. The van der Waals surface area contributed by atoms with Gasteiger partial charge in [-0.2, -0.15) is 0 Å². The molecular formula is C14H19NS. The van der Waals surface area contributed by atoms with Gasteiger partial charge in [-0.15, -0.1) is 11.8 Å². The zero-order chi connectivity index (χ0) is 11.0. The third-order valence-electron chi connectivity index (χ3n) is 3.68. The SMILES string of the molecule is CC1CCN(CC2Cc3ccccc3S2)C1. The van der Waals surface area contributed by atoms with Crippen molar-refractivity contribution < 1.29 is 0 Å². The van der Waals surface area contributed by atoms with Crippen molar-refractivity contribution in [2.24, 2.45) is 5.92 Å². The lowest BCUT2D eigenvalue weighted by Gasteiger charge is -2.19. The molecule has 2 aliphatic heterocycles. The summed E-state index contributed by atoms with van der Waals surface area (Å²) < 4.78 is 0. The first-order valence-corrected chi connectivity index (χ1v) is 7.16. The van der Waals surface area contributed by atoms with Crippen LogP contribution in [0.4, 0.5) is 0 Å². The normalized spacial score (nSPS) is 29.6. The van der Waals surface area contributed by atoms with Crippen molar-refractivity contribution >= 4 is 11.8 Å². The summed E-state index contributed by atoms with van der Waals surface area (Å²) in [4.78, 5) is 4.16. The average molecular weight is 233 g/mol. The lowest BCUT2D eigenvalue weighted by molar-refractivity contribution is 0.329. The maximum atomic E-state index is 2.65. The summed E-state index contributed by atoms with van der Waals surface area (Å²) in [7, 11) is 0. The molecule has 2 aliphatic rings. The van der Waals surface area contributed by atoms with Crippen molar-refractivity contribution in [3.8, 4) is 0 Å². The molecule has 16 heavy (non-hydrogen) atoms. The fourth-order valence-corrected chi connectivity index (χ4v) is 4.20. The van der Waals surface area contributed by atoms with Crippen LogP contribution in [0.25, 0.3) is 0 Å². The number of fused-ring (bicyclic) bond motifs is 1. The van der Waals surface area contributed by atoms with E-state index in [1.165, 1.54) is 37.4 Å². The Morgan fingerprint density at radius 1 is 1.38 bits per heavy atom. The van der Waals surface area contributed by atoms with E-state index in [4.69, 9.17) is 0 Å². The van der Waals surface area contributed by atoms with Crippen molar-refractivity contribution in [2.45, 2.75) is 29.9 Å². The second-order valence-electron chi connectivity index (χ2n) is 5.21. The van der Waals surface area contributed by atoms with Crippen molar-refractivity contribution in [2.75, 3.05) is 19.6 Å². The third-order valence-corrected chi connectivity index (χ3v) is 4.98. The Morgan fingerprint density at radius 3 is 3.00 bits per heavy atom. The van der Waals surface area contributed by atoms with Gasteiger partial charge in [0.1, 0.15) is 0 Å². The van der Waals surface area contributed by atoms with Crippen LogP contribution in [-0.4, -0.2) is 29.8 Å². The maximum absolute atomic E-state index is 2.65. The summed E-state index contributed by atoms with van der Waals surface area (Å²) in [6.07, 6.45) is 2.66. The molecule has 0 bridgehead atoms. The molecule has 1 nitrogen and oxygen atoms in total. The molecule has 1 aromatic carbocycles. The third kappa shape index (κ3) is 2.14. The molecule has 0 saturated carbocycles. The van der Waals surface area contributed by atoms with Gasteiger partial charge in [0.25, 0.3) is 0 Å². The van der Waals surface area contributed by atoms with Gasteiger partial charge in [-0.05, 0) is 36.9 Å². The fourth-order valence-electron chi connectivity index (χ4n) is 2.84. The van der Waals surface area contributed by atoms with Crippen LogP contribution in [-0.2, 0) is 6.42 Å². The molecule has 0 radical (unpaired) electrons. The van der Waals surface area contributed by atoms with Gasteiger partial charge >= 0.3 is 0 Å². The van der Waals surface area contributed by atoms with Crippen LogP contribution in [0.15, 0.2) is 29.2 Å². The van der Waals surface area contributed by atoms with Crippen molar-refractivity contribution in [3.05, 3.63) is 29.8 Å². The maximum Gasteiger partial charge on any atom is 0.0263 e. The second-order valence-corrected chi connectivity index (χ2v) is 6.55. The highest BCUT2D eigenvalue weighted by Gasteiger charge is 2.26. The molecule has 0 N–H and O–H groups in total. The Morgan fingerprint density at radius 2 is 2.25 bits per heavy atom. The molecule has 0 amide bonds. The summed E-state index contributed by atoms with van der Waals surface area (Å²) in [6.45, 7) is 6.28. The number of hydrogen-bond acceptors (Lipinski definition) is 2. The quantitative estimate of drug-likeness (QED) is 0.772. The summed E-state index contributed by atoms with van der Waals surface area (Å²) in [5, 5.41) is 0.794. The summed E-state index contributed by atoms with van der Waals surface area (Å²) >= 11 is 2.08. The van der Waals surface area contributed by atoms with Crippen molar-refractivity contribution in [1.82, 2.24) is 4.90 Å². The van der Waals surface area contributed by atoms with Gasteiger partial charge in [-0.3, -0.25) is 0 Å². The monoisotopic (exact) mass is 233 g/mol. The van der Waals surface area contributed by atoms with Crippen LogP contribution >= 0.6 is 11.8 Å². The van der Waals surface area contributed by atoms with Crippen LogP contribution in [0.2, 0.25) is 0 Å². The minimum atomic E-state index is 0.794. The van der Waals surface area contributed by atoms with Crippen molar-refractivity contribution in [3.63, 3.8) is 0 Å². The minimum absolute atomic E-state index is 0.794. The first kappa shape index (κ1) is 10.7. The van der Waals surface area contributed by atoms with E-state index in [-0.39, 0.29) is 0 Å². The van der Waals surface area contributed by atoms with E-state index in [2.05, 4.69) is 47.9 Å². The summed E-state index contributed by atoms with van der Waals surface area (Å²) in [6, 6.07) is 8.88. The molecular weight excluding hydrogens is 214 g/mol. The van der Waals surface area contributed by atoms with Gasteiger partial charge in [0.05, 0.1) is 0 Å². The first-order chi connectivity index (χ1) is 7.81. The molecule has 2 heterocycles. The van der Waals surface area contributed by atoms with E-state index in [1.54, 1.807) is 5.56 Å². The van der Waals surface area contributed by atoms with Crippen LogP contribution in [0.3, 0.4) is 0 Å². The number of likely N-dealkylation sites (tertiary alicyclic amines) is 1. The lowest BCUT2D eigenvalue weighted by atomic mass is 10.1. The summed E-state index contributed by atoms with van der Waals surface area (Å²) in [5.41, 5.74) is 1.56. The predicted molar refractivity (Wildman–Crippen MR) is 70.0 cm³/mol. The van der Waals surface area contributed by atoms with Crippen LogP contribution in [0.1, 0.15) is 18.9 Å². The Kier molecular flexibility index (Phi) is 2.95. The van der Waals surface area contributed by atoms with E-state index in [0.717, 1.165) is 11.2 Å². The minimum Gasteiger partial charge on any atom is -0.302 e. The van der Waals surface area contributed by atoms with E-state index in [1.807, 2.05) is 0 Å². The van der Waals surface area contributed by atoms with E-state index >= 15 is 0 Å². The molecule has 0 aliphatic carbocycles. The number of benzene rings is 1. The zero-order valence-corrected chi connectivity index (χ0v) is 10.7. The lowest BCUT2D eigenvalue weighted by Crippen LogP contribution is -2.28. The predicted octanol–water partition coefficient (Wildman–Crippen LogP) is 3.05. The molecule has 1 saturated heterocycles. The van der Waals surface area contributed by atoms with Gasteiger partial charge in [0, 0.05) is 23.2 Å². The van der Waals surface area contributed by atoms with Gasteiger partial charge in [-0.25, -0.2) is 0 Å². The zero-order valence-electron chi connectivity index (χ0n) is 9.86. The smallest absolute Gasteiger partial charge is 0.0263 e. The number of nitrogens with zero attached hydrogens (tertiary/aromatic N) is 1. The fraction of sp³-hybridized carbons (Fsp3) is 0.571. The molecule has 0 aromatic heterocycles. The van der Waals surface area contributed by atoms with Crippen molar-refractivity contribution in [1.29, 1.82) is 0 Å². The van der Waals surface area contributed by atoms with Gasteiger partial charge in [-0.1, -0.05) is 25.1 Å². The van der Waals surface area contributed by atoms with Crippen LogP contribution in [0.5, 0.6) is 0 Å². The number of rotatable bonds is 2. The molecule has 86 valence electrons. The second kappa shape index (κ2) is 4.42. The van der Waals surface area contributed by atoms with Crippen LogP contribution in [0, 0.1) is 5.92 Å². The molecule has 2 unspecified atom stereocenters. The highest BCUT2D eigenvalue weighted by atomic mass is 32.2. The van der Waals surface area contributed by atoms with E-state index < -0.39 is 0 Å². The molecule has 1 fully saturated rings. The molecule has 2 atom stereocenters. The highest BCUT2D eigenvalue weighted by molar-refractivity contribution is 8.00. The van der Waals surface area contributed by atoms with Gasteiger partial charge < -0.3 is 4.90 Å². The topological polar surface area (TPSA) is 3.24 Å².